The zero-order valence-electron chi connectivity index (χ0n) is 8.04. The van der Waals surface area contributed by atoms with Gasteiger partial charge in [0.05, 0.1) is 16.4 Å². The molecule has 1 aromatic carbocycles. The van der Waals surface area contributed by atoms with Gasteiger partial charge in [-0.05, 0) is 25.1 Å². The zero-order valence-corrected chi connectivity index (χ0v) is 9.55. The highest BCUT2D eigenvalue weighted by Gasteiger charge is 2.08. The van der Waals surface area contributed by atoms with Crippen molar-refractivity contribution in [3.8, 4) is 5.69 Å². The van der Waals surface area contributed by atoms with Crippen LogP contribution >= 0.6 is 23.2 Å². The second-order valence-electron chi connectivity index (χ2n) is 3.22. The molecular formula is C10H9Cl2N3. The van der Waals surface area contributed by atoms with E-state index < -0.39 is 0 Å². The van der Waals surface area contributed by atoms with Crippen molar-refractivity contribution >= 4 is 29.0 Å². The molecule has 0 aliphatic heterocycles. The molecule has 0 atom stereocenters. The lowest BCUT2D eigenvalue weighted by Crippen LogP contribution is -2.02. The summed E-state index contributed by atoms with van der Waals surface area (Å²) in [6, 6.07) is 6.94. The van der Waals surface area contributed by atoms with Gasteiger partial charge in [0, 0.05) is 11.1 Å². The van der Waals surface area contributed by atoms with Crippen molar-refractivity contribution in [2.75, 3.05) is 5.73 Å². The summed E-state index contributed by atoms with van der Waals surface area (Å²) in [5.74, 6) is 0.539. The smallest absolute Gasteiger partial charge is 0.127 e. The van der Waals surface area contributed by atoms with E-state index in [4.69, 9.17) is 28.9 Å². The molecule has 1 aromatic heterocycles. The van der Waals surface area contributed by atoms with E-state index in [0.29, 0.717) is 21.6 Å². The van der Waals surface area contributed by atoms with Gasteiger partial charge in [-0.1, -0.05) is 23.2 Å². The number of hydrogen-bond donors (Lipinski definition) is 1. The number of aromatic nitrogens is 2. The third kappa shape index (κ3) is 1.94. The highest BCUT2D eigenvalue weighted by atomic mass is 35.5. The fraction of sp³-hybridized carbons (Fsp3) is 0.100. The summed E-state index contributed by atoms with van der Waals surface area (Å²) in [6.45, 7) is 1.87. The molecule has 0 bridgehead atoms. The first-order valence-electron chi connectivity index (χ1n) is 4.35. The molecule has 1 heterocycles. The van der Waals surface area contributed by atoms with Crippen LogP contribution in [0.2, 0.25) is 10.0 Å². The molecule has 0 radical (unpaired) electrons. The summed E-state index contributed by atoms with van der Waals surface area (Å²) in [6.07, 6.45) is 0. The maximum Gasteiger partial charge on any atom is 0.127 e. The fourth-order valence-corrected chi connectivity index (χ4v) is 1.72. The van der Waals surface area contributed by atoms with Crippen LogP contribution in [-0.4, -0.2) is 9.78 Å². The van der Waals surface area contributed by atoms with Gasteiger partial charge in [0.1, 0.15) is 5.82 Å². The molecule has 2 rings (SSSR count). The monoisotopic (exact) mass is 241 g/mol. The molecule has 0 amide bonds. The number of benzene rings is 1. The Hall–Kier alpha value is -1.19. The van der Waals surface area contributed by atoms with Crippen molar-refractivity contribution in [3.05, 3.63) is 40.0 Å². The fourth-order valence-electron chi connectivity index (χ4n) is 1.36. The Labute approximate surface area is 97.4 Å². The Morgan fingerprint density at radius 3 is 2.60 bits per heavy atom. The Morgan fingerprint density at radius 2 is 2.00 bits per heavy atom. The standard InChI is InChI=1S/C10H9Cl2N3/c1-6-4-10(13)15(14-6)9-5-7(11)2-3-8(9)12/h2-5H,13H2,1H3. The van der Waals surface area contributed by atoms with Gasteiger partial charge in [0.2, 0.25) is 0 Å². The minimum absolute atomic E-state index is 0.539. The van der Waals surface area contributed by atoms with Gasteiger partial charge in [0.25, 0.3) is 0 Å². The van der Waals surface area contributed by atoms with Crippen LogP contribution in [0.5, 0.6) is 0 Å². The van der Waals surface area contributed by atoms with E-state index >= 15 is 0 Å². The van der Waals surface area contributed by atoms with E-state index in [1.165, 1.54) is 0 Å². The van der Waals surface area contributed by atoms with Gasteiger partial charge in [-0.3, -0.25) is 0 Å². The predicted molar refractivity (Wildman–Crippen MR) is 62.7 cm³/mol. The lowest BCUT2D eigenvalue weighted by atomic mass is 10.3. The first-order valence-corrected chi connectivity index (χ1v) is 5.11. The molecule has 3 nitrogen and oxygen atoms in total. The second kappa shape index (κ2) is 3.76. The topological polar surface area (TPSA) is 43.8 Å². The molecule has 15 heavy (non-hydrogen) atoms. The van der Waals surface area contributed by atoms with Crippen LogP contribution in [0.1, 0.15) is 5.69 Å². The van der Waals surface area contributed by atoms with Gasteiger partial charge in [-0.2, -0.15) is 5.10 Å². The Balaban J connectivity index is 2.62. The van der Waals surface area contributed by atoms with Gasteiger partial charge in [0.15, 0.2) is 0 Å². The minimum atomic E-state index is 0.539. The molecular weight excluding hydrogens is 233 g/mol. The molecule has 2 N–H and O–H groups in total. The van der Waals surface area contributed by atoms with Crippen molar-refractivity contribution in [2.24, 2.45) is 0 Å². The molecule has 0 saturated heterocycles. The number of halogens is 2. The van der Waals surface area contributed by atoms with Crippen LogP contribution in [-0.2, 0) is 0 Å². The third-order valence-electron chi connectivity index (χ3n) is 2.00. The number of nitrogens with two attached hydrogens (primary N) is 1. The zero-order chi connectivity index (χ0) is 11.0. The molecule has 0 unspecified atom stereocenters. The van der Waals surface area contributed by atoms with Gasteiger partial charge < -0.3 is 5.73 Å². The molecule has 2 aromatic rings. The maximum atomic E-state index is 6.04. The maximum absolute atomic E-state index is 6.04. The van der Waals surface area contributed by atoms with Crippen LogP contribution in [0.4, 0.5) is 5.82 Å². The van der Waals surface area contributed by atoms with Gasteiger partial charge >= 0.3 is 0 Å². The quantitative estimate of drug-likeness (QED) is 0.835. The number of hydrogen-bond acceptors (Lipinski definition) is 2. The minimum Gasteiger partial charge on any atom is -0.384 e. The van der Waals surface area contributed by atoms with E-state index in [1.54, 1.807) is 28.9 Å². The molecule has 0 saturated carbocycles. The lowest BCUT2D eigenvalue weighted by molar-refractivity contribution is 0.872. The largest absolute Gasteiger partial charge is 0.384 e. The third-order valence-corrected chi connectivity index (χ3v) is 2.55. The lowest BCUT2D eigenvalue weighted by Gasteiger charge is -2.06. The summed E-state index contributed by atoms with van der Waals surface area (Å²) >= 11 is 11.9. The molecule has 5 heteroatoms. The number of nitrogens with zero attached hydrogens (tertiary/aromatic N) is 2. The number of nitrogen functional groups attached to an aromatic ring is 1. The molecule has 78 valence electrons. The number of anilines is 1. The summed E-state index contributed by atoms with van der Waals surface area (Å²) in [7, 11) is 0. The van der Waals surface area contributed by atoms with E-state index in [1.807, 2.05) is 6.92 Å². The summed E-state index contributed by atoms with van der Waals surface area (Å²) in [5.41, 5.74) is 7.32. The SMILES string of the molecule is Cc1cc(N)n(-c2cc(Cl)ccc2Cl)n1. The van der Waals surface area contributed by atoms with Crippen LogP contribution in [0, 0.1) is 6.92 Å². The Kier molecular flexibility index (Phi) is 2.59. The molecule has 0 fully saturated rings. The van der Waals surface area contributed by atoms with Crippen molar-refractivity contribution in [1.29, 1.82) is 0 Å². The first kappa shape index (κ1) is 10.3. The Bertz CT molecular complexity index is 505. The average Bonchev–Trinajstić information content (AvgIpc) is 2.50. The van der Waals surface area contributed by atoms with Crippen LogP contribution < -0.4 is 5.73 Å². The molecule has 0 spiro atoms. The van der Waals surface area contributed by atoms with Crippen molar-refractivity contribution in [1.82, 2.24) is 9.78 Å². The summed E-state index contributed by atoms with van der Waals surface area (Å²) < 4.78 is 1.57. The Morgan fingerprint density at radius 1 is 1.27 bits per heavy atom. The predicted octanol–water partition coefficient (Wildman–Crippen LogP) is 3.07. The highest BCUT2D eigenvalue weighted by Crippen LogP contribution is 2.25. The number of rotatable bonds is 1. The van der Waals surface area contributed by atoms with Crippen LogP contribution in [0.15, 0.2) is 24.3 Å². The number of aryl methyl sites for hydroxylation is 1. The van der Waals surface area contributed by atoms with Crippen LogP contribution in [0.25, 0.3) is 5.69 Å². The average molecular weight is 242 g/mol. The highest BCUT2D eigenvalue weighted by molar-refractivity contribution is 6.34. The van der Waals surface area contributed by atoms with E-state index in [9.17, 15) is 0 Å². The van der Waals surface area contributed by atoms with Crippen molar-refractivity contribution < 1.29 is 0 Å². The van der Waals surface area contributed by atoms with E-state index in [2.05, 4.69) is 5.10 Å². The first-order chi connectivity index (χ1) is 7.08. The van der Waals surface area contributed by atoms with Gasteiger partial charge in [-0.15, -0.1) is 0 Å². The van der Waals surface area contributed by atoms with Crippen LogP contribution in [0.3, 0.4) is 0 Å². The van der Waals surface area contributed by atoms with Gasteiger partial charge in [-0.25, -0.2) is 4.68 Å². The normalized spacial score (nSPS) is 10.6. The van der Waals surface area contributed by atoms with Crippen molar-refractivity contribution in [3.63, 3.8) is 0 Å². The van der Waals surface area contributed by atoms with E-state index in [-0.39, 0.29) is 0 Å². The molecule has 0 aliphatic rings. The summed E-state index contributed by atoms with van der Waals surface area (Å²) in [5, 5.41) is 5.39. The molecule has 0 aliphatic carbocycles. The van der Waals surface area contributed by atoms with Crippen molar-refractivity contribution in [2.45, 2.75) is 6.92 Å². The summed E-state index contributed by atoms with van der Waals surface area (Å²) in [4.78, 5) is 0. The second-order valence-corrected chi connectivity index (χ2v) is 4.06. The van der Waals surface area contributed by atoms with E-state index in [0.717, 1.165) is 5.69 Å².